The van der Waals surface area contributed by atoms with Gasteiger partial charge in [-0.3, -0.25) is 5.41 Å². The molecule has 104 valence electrons. The van der Waals surface area contributed by atoms with Gasteiger partial charge in [0.1, 0.15) is 5.84 Å². The predicted molar refractivity (Wildman–Crippen MR) is 77.9 cm³/mol. The topological polar surface area (TPSA) is 87.2 Å². The van der Waals surface area contributed by atoms with Crippen LogP contribution in [-0.2, 0) is 9.84 Å². The molecular formula is C12H16ClN3O2S. The van der Waals surface area contributed by atoms with Crippen LogP contribution in [0.15, 0.2) is 18.2 Å². The van der Waals surface area contributed by atoms with Crippen LogP contribution in [-0.4, -0.2) is 38.3 Å². The van der Waals surface area contributed by atoms with Gasteiger partial charge in [0.15, 0.2) is 9.84 Å². The van der Waals surface area contributed by atoms with E-state index in [1.165, 1.54) is 0 Å². The van der Waals surface area contributed by atoms with E-state index in [2.05, 4.69) is 0 Å². The number of nitrogens with one attached hydrogen (secondary N) is 1. The summed E-state index contributed by atoms with van der Waals surface area (Å²) < 4.78 is 23.1. The molecule has 0 aliphatic carbocycles. The molecule has 0 spiro atoms. The molecule has 0 radical (unpaired) electrons. The summed E-state index contributed by atoms with van der Waals surface area (Å²) in [5.41, 5.74) is 6.76. The largest absolute Gasteiger partial charge is 0.384 e. The van der Waals surface area contributed by atoms with Crippen LogP contribution in [0.5, 0.6) is 0 Å². The quantitative estimate of drug-likeness (QED) is 0.636. The minimum atomic E-state index is -2.93. The number of amidine groups is 1. The maximum absolute atomic E-state index is 11.6. The van der Waals surface area contributed by atoms with Gasteiger partial charge < -0.3 is 10.6 Å². The van der Waals surface area contributed by atoms with Crippen molar-refractivity contribution in [2.75, 3.05) is 23.0 Å². The number of nitrogens with two attached hydrogens (primary N) is 1. The summed E-state index contributed by atoms with van der Waals surface area (Å²) in [6.07, 6.45) is 0. The molecule has 1 fully saturated rings. The Morgan fingerprint density at radius 1 is 1.53 bits per heavy atom. The molecule has 1 heterocycles. The lowest BCUT2D eigenvalue weighted by atomic mass is 10.1. The number of hydrogen-bond donors (Lipinski definition) is 2. The Hall–Kier alpha value is -1.27. The number of benzene rings is 1. The van der Waals surface area contributed by atoms with Gasteiger partial charge in [-0.25, -0.2) is 8.42 Å². The average molecular weight is 302 g/mol. The number of anilines is 1. The predicted octanol–water partition coefficient (Wildman–Crippen LogP) is 1.25. The molecule has 1 aliphatic rings. The Balaban J connectivity index is 2.28. The highest BCUT2D eigenvalue weighted by Crippen LogP contribution is 2.26. The Morgan fingerprint density at radius 2 is 2.21 bits per heavy atom. The molecule has 0 bridgehead atoms. The van der Waals surface area contributed by atoms with Crippen molar-refractivity contribution in [1.29, 1.82) is 5.41 Å². The fraction of sp³-hybridized carbons (Fsp3) is 0.417. The zero-order valence-electron chi connectivity index (χ0n) is 10.6. The van der Waals surface area contributed by atoms with Crippen LogP contribution in [0.4, 0.5) is 5.69 Å². The monoisotopic (exact) mass is 301 g/mol. The minimum absolute atomic E-state index is 0.0779. The number of nitrogen functional groups attached to an aromatic ring is 1. The number of sulfone groups is 1. The first kappa shape index (κ1) is 14.1. The second kappa shape index (κ2) is 5.02. The maximum atomic E-state index is 11.6. The minimum Gasteiger partial charge on any atom is -0.384 e. The Kier molecular flexibility index (Phi) is 3.73. The maximum Gasteiger partial charge on any atom is 0.154 e. The second-order valence-corrected chi connectivity index (χ2v) is 7.37. The molecule has 0 saturated carbocycles. The normalized spacial score (nSPS) is 22.2. The molecule has 1 aromatic carbocycles. The molecule has 2 rings (SSSR count). The molecule has 3 N–H and O–H groups in total. The lowest BCUT2D eigenvalue weighted by Gasteiger charge is -2.35. The van der Waals surface area contributed by atoms with Crippen LogP contribution in [0.2, 0.25) is 5.02 Å². The summed E-state index contributed by atoms with van der Waals surface area (Å²) >= 11 is 6.08. The fourth-order valence-corrected chi connectivity index (χ4v) is 4.12. The molecule has 0 amide bonds. The van der Waals surface area contributed by atoms with Gasteiger partial charge in [-0.1, -0.05) is 11.6 Å². The van der Waals surface area contributed by atoms with Gasteiger partial charge in [0.2, 0.25) is 0 Å². The lowest BCUT2D eigenvalue weighted by molar-refractivity contribution is 0.568. The highest BCUT2D eigenvalue weighted by molar-refractivity contribution is 7.91. The van der Waals surface area contributed by atoms with E-state index >= 15 is 0 Å². The van der Waals surface area contributed by atoms with E-state index in [0.717, 1.165) is 5.69 Å². The summed E-state index contributed by atoms with van der Waals surface area (Å²) in [5.74, 6) is 0.230. The van der Waals surface area contributed by atoms with Crippen molar-refractivity contribution < 1.29 is 8.42 Å². The first-order valence-electron chi connectivity index (χ1n) is 5.91. The van der Waals surface area contributed by atoms with Crippen LogP contribution < -0.4 is 10.6 Å². The summed E-state index contributed by atoms with van der Waals surface area (Å²) in [7, 11) is -2.93. The number of nitrogens with zero attached hydrogens (tertiary/aromatic N) is 1. The number of halogens is 1. The van der Waals surface area contributed by atoms with Gasteiger partial charge >= 0.3 is 0 Å². The van der Waals surface area contributed by atoms with Crippen molar-refractivity contribution in [3.63, 3.8) is 0 Å². The SMILES string of the molecule is CC1CS(=O)(=O)CCN1c1ccc(C(=N)N)c(Cl)c1. The first-order valence-corrected chi connectivity index (χ1v) is 8.11. The molecule has 0 aromatic heterocycles. The Labute approximate surface area is 117 Å². The fourth-order valence-electron chi connectivity index (χ4n) is 2.28. The highest BCUT2D eigenvalue weighted by Gasteiger charge is 2.28. The zero-order valence-corrected chi connectivity index (χ0v) is 12.1. The van der Waals surface area contributed by atoms with Crippen molar-refractivity contribution in [2.45, 2.75) is 13.0 Å². The summed E-state index contributed by atoms with van der Waals surface area (Å²) in [4.78, 5) is 2.01. The summed E-state index contributed by atoms with van der Waals surface area (Å²) in [6.45, 7) is 2.34. The molecule has 1 atom stereocenters. The number of rotatable bonds is 2. The molecule has 5 nitrogen and oxygen atoms in total. The van der Waals surface area contributed by atoms with E-state index in [4.69, 9.17) is 22.7 Å². The van der Waals surface area contributed by atoms with Gasteiger partial charge in [-0.05, 0) is 25.1 Å². The van der Waals surface area contributed by atoms with Crippen molar-refractivity contribution in [3.8, 4) is 0 Å². The van der Waals surface area contributed by atoms with Crippen molar-refractivity contribution in [1.82, 2.24) is 0 Å². The smallest absolute Gasteiger partial charge is 0.154 e. The van der Waals surface area contributed by atoms with Crippen molar-refractivity contribution in [3.05, 3.63) is 28.8 Å². The van der Waals surface area contributed by atoms with Crippen LogP contribution in [0, 0.1) is 5.41 Å². The molecule has 7 heteroatoms. The summed E-state index contributed by atoms with van der Waals surface area (Å²) in [6, 6.07) is 5.15. The molecule has 1 aliphatic heterocycles. The Morgan fingerprint density at radius 3 is 2.74 bits per heavy atom. The highest BCUT2D eigenvalue weighted by atomic mass is 35.5. The Bertz CT molecular complexity index is 615. The van der Waals surface area contributed by atoms with Gasteiger partial charge in [-0.15, -0.1) is 0 Å². The zero-order chi connectivity index (χ0) is 14.2. The number of hydrogen-bond acceptors (Lipinski definition) is 4. The third kappa shape index (κ3) is 3.01. The van der Waals surface area contributed by atoms with E-state index in [-0.39, 0.29) is 23.4 Å². The molecule has 19 heavy (non-hydrogen) atoms. The van der Waals surface area contributed by atoms with Gasteiger partial charge in [0.05, 0.1) is 16.5 Å². The average Bonchev–Trinajstić information content (AvgIpc) is 2.26. The molecule has 1 aromatic rings. The van der Waals surface area contributed by atoms with E-state index in [1.807, 2.05) is 17.9 Å². The molecule has 1 saturated heterocycles. The van der Waals surface area contributed by atoms with E-state index in [9.17, 15) is 8.42 Å². The van der Waals surface area contributed by atoms with E-state index < -0.39 is 9.84 Å². The summed E-state index contributed by atoms with van der Waals surface area (Å²) in [5, 5.41) is 7.79. The molecular weight excluding hydrogens is 286 g/mol. The lowest BCUT2D eigenvalue weighted by Crippen LogP contribution is -2.47. The van der Waals surface area contributed by atoms with Crippen LogP contribution in [0.3, 0.4) is 0 Å². The van der Waals surface area contributed by atoms with Gasteiger partial charge in [0.25, 0.3) is 0 Å². The van der Waals surface area contributed by atoms with Crippen LogP contribution >= 0.6 is 11.6 Å². The van der Waals surface area contributed by atoms with Gasteiger partial charge in [-0.2, -0.15) is 0 Å². The first-order chi connectivity index (χ1) is 8.80. The van der Waals surface area contributed by atoms with E-state index in [0.29, 0.717) is 17.1 Å². The van der Waals surface area contributed by atoms with Gasteiger partial charge in [0, 0.05) is 23.8 Å². The van der Waals surface area contributed by atoms with Crippen LogP contribution in [0.25, 0.3) is 0 Å². The van der Waals surface area contributed by atoms with E-state index in [1.54, 1.807) is 12.1 Å². The van der Waals surface area contributed by atoms with Crippen molar-refractivity contribution >= 4 is 33.0 Å². The van der Waals surface area contributed by atoms with Crippen LogP contribution in [0.1, 0.15) is 12.5 Å². The molecule has 1 unspecified atom stereocenters. The van der Waals surface area contributed by atoms with Crippen molar-refractivity contribution in [2.24, 2.45) is 5.73 Å². The third-order valence-corrected chi connectivity index (χ3v) is 5.35. The third-order valence-electron chi connectivity index (χ3n) is 3.24. The standard InChI is InChI=1S/C12H16ClN3O2S/c1-8-7-19(17,18)5-4-16(8)9-2-3-10(12(14)15)11(13)6-9/h2-3,6,8H,4-5,7H2,1H3,(H3,14,15). The second-order valence-electron chi connectivity index (χ2n) is 4.73.